The summed E-state index contributed by atoms with van der Waals surface area (Å²) in [6.07, 6.45) is 5.96. The average molecular weight is 357 g/mol. The topological polar surface area (TPSA) is 105 Å². The van der Waals surface area contributed by atoms with E-state index in [1.165, 1.54) is 0 Å². The Morgan fingerprint density at radius 3 is 2.81 bits per heavy atom. The van der Waals surface area contributed by atoms with Crippen molar-refractivity contribution in [3.63, 3.8) is 0 Å². The molecule has 134 valence electrons. The zero-order valence-electron chi connectivity index (χ0n) is 15.2. The Labute approximate surface area is 157 Å². The Morgan fingerprint density at radius 2 is 2.07 bits per heavy atom. The molecule has 3 N–H and O–H groups in total. The largest absolute Gasteiger partial charge is 0.398 e. The molecule has 0 aliphatic heterocycles. The summed E-state index contributed by atoms with van der Waals surface area (Å²) < 4.78 is 0. The Kier molecular flexibility index (Phi) is 4.00. The van der Waals surface area contributed by atoms with Gasteiger partial charge in [0.15, 0.2) is 0 Å². The minimum atomic E-state index is -0.232. The van der Waals surface area contributed by atoms with Gasteiger partial charge in [0.1, 0.15) is 5.82 Å². The van der Waals surface area contributed by atoms with Crippen LogP contribution in [0.1, 0.15) is 17.5 Å². The highest BCUT2D eigenvalue weighted by Crippen LogP contribution is 2.38. The summed E-state index contributed by atoms with van der Waals surface area (Å²) in [4.78, 5) is 20.8. The number of nitrogens with one attached hydrogen (secondary N) is 1. The molecule has 1 amide bonds. The van der Waals surface area contributed by atoms with Crippen LogP contribution in [0.15, 0.2) is 36.8 Å². The number of rotatable bonds is 3. The van der Waals surface area contributed by atoms with Gasteiger partial charge >= 0.3 is 0 Å². The van der Waals surface area contributed by atoms with Gasteiger partial charge in [-0.2, -0.15) is 5.26 Å². The number of carbonyl (C=O) groups is 1. The van der Waals surface area contributed by atoms with Gasteiger partial charge in [-0.05, 0) is 60.5 Å². The van der Waals surface area contributed by atoms with Crippen molar-refractivity contribution in [1.82, 2.24) is 9.97 Å². The minimum absolute atomic E-state index is 0.156. The molecule has 2 heterocycles. The van der Waals surface area contributed by atoms with Crippen molar-refractivity contribution in [2.45, 2.75) is 20.3 Å². The van der Waals surface area contributed by atoms with Crippen LogP contribution in [-0.4, -0.2) is 15.9 Å². The van der Waals surface area contributed by atoms with E-state index in [1.807, 2.05) is 37.5 Å². The number of pyridine rings is 2. The summed E-state index contributed by atoms with van der Waals surface area (Å²) in [6.45, 7) is 4.09. The SMILES string of the molecule is Cc1cncc(-c2cc(N)c3cnc(NC(=O)[C@H]4C[C@@H]4C#N)cc3c2)c1C. The molecule has 1 aliphatic rings. The van der Waals surface area contributed by atoms with Crippen molar-refractivity contribution in [3.05, 3.63) is 47.9 Å². The number of benzene rings is 1. The van der Waals surface area contributed by atoms with E-state index < -0.39 is 0 Å². The number of nitrogens with zero attached hydrogens (tertiary/aromatic N) is 3. The van der Waals surface area contributed by atoms with E-state index in [-0.39, 0.29) is 17.7 Å². The fraction of sp³-hybridized carbons (Fsp3) is 0.238. The first-order chi connectivity index (χ1) is 13.0. The highest BCUT2D eigenvalue weighted by Gasteiger charge is 2.43. The molecule has 0 unspecified atom stereocenters. The van der Waals surface area contributed by atoms with Gasteiger partial charge in [0, 0.05) is 35.2 Å². The number of nitriles is 1. The van der Waals surface area contributed by atoms with Crippen molar-refractivity contribution in [2.75, 3.05) is 11.1 Å². The van der Waals surface area contributed by atoms with E-state index in [2.05, 4.69) is 28.3 Å². The molecule has 4 rings (SSSR count). The fourth-order valence-corrected chi connectivity index (χ4v) is 3.28. The van der Waals surface area contributed by atoms with Crippen LogP contribution in [0, 0.1) is 37.0 Å². The summed E-state index contributed by atoms with van der Waals surface area (Å²) >= 11 is 0. The smallest absolute Gasteiger partial charge is 0.230 e. The predicted molar refractivity (Wildman–Crippen MR) is 105 cm³/mol. The van der Waals surface area contributed by atoms with Gasteiger partial charge in [0.25, 0.3) is 0 Å². The van der Waals surface area contributed by atoms with Gasteiger partial charge in [-0.25, -0.2) is 4.98 Å². The highest BCUT2D eigenvalue weighted by molar-refractivity contribution is 6.00. The summed E-state index contributed by atoms with van der Waals surface area (Å²) in [5.74, 6) is -0.0996. The van der Waals surface area contributed by atoms with Crippen molar-refractivity contribution < 1.29 is 4.79 Å². The number of anilines is 2. The second-order valence-corrected chi connectivity index (χ2v) is 7.05. The monoisotopic (exact) mass is 357 g/mol. The first kappa shape index (κ1) is 17.0. The average Bonchev–Trinajstić information content (AvgIpc) is 3.44. The normalized spacial score (nSPS) is 18.1. The van der Waals surface area contributed by atoms with E-state index >= 15 is 0 Å². The van der Waals surface area contributed by atoms with Gasteiger partial charge in [-0.15, -0.1) is 0 Å². The molecular weight excluding hydrogens is 338 g/mol. The van der Waals surface area contributed by atoms with E-state index in [0.29, 0.717) is 17.9 Å². The van der Waals surface area contributed by atoms with Gasteiger partial charge < -0.3 is 11.1 Å². The Bertz CT molecular complexity index is 1120. The number of nitrogens with two attached hydrogens (primary N) is 1. The molecule has 1 saturated carbocycles. The molecule has 6 nitrogen and oxygen atoms in total. The van der Waals surface area contributed by atoms with Gasteiger partial charge in [0.2, 0.25) is 5.91 Å². The Hall–Kier alpha value is -3.46. The number of hydrogen-bond acceptors (Lipinski definition) is 5. The van der Waals surface area contributed by atoms with Crippen LogP contribution in [-0.2, 0) is 4.79 Å². The first-order valence-electron chi connectivity index (χ1n) is 8.79. The van der Waals surface area contributed by atoms with Crippen LogP contribution in [0.3, 0.4) is 0 Å². The minimum Gasteiger partial charge on any atom is -0.398 e. The lowest BCUT2D eigenvalue weighted by Crippen LogP contribution is -2.15. The summed E-state index contributed by atoms with van der Waals surface area (Å²) in [7, 11) is 0. The summed E-state index contributed by atoms with van der Waals surface area (Å²) in [6, 6.07) is 7.89. The van der Waals surface area contributed by atoms with Crippen LogP contribution < -0.4 is 11.1 Å². The van der Waals surface area contributed by atoms with Gasteiger partial charge in [-0.3, -0.25) is 9.78 Å². The van der Waals surface area contributed by atoms with Crippen molar-refractivity contribution in [3.8, 4) is 17.2 Å². The molecule has 6 heteroatoms. The number of nitrogen functional groups attached to an aromatic ring is 1. The molecule has 0 saturated heterocycles. The molecular formula is C21H19N5O. The lowest BCUT2D eigenvalue weighted by Gasteiger charge is -2.12. The molecule has 1 aliphatic carbocycles. The van der Waals surface area contributed by atoms with E-state index in [4.69, 9.17) is 11.0 Å². The third-order valence-corrected chi connectivity index (χ3v) is 5.19. The van der Waals surface area contributed by atoms with Crippen molar-refractivity contribution in [1.29, 1.82) is 5.26 Å². The van der Waals surface area contributed by atoms with Crippen LogP contribution in [0.25, 0.3) is 21.9 Å². The molecule has 27 heavy (non-hydrogen) atoms. The van der Waals surface area contributed by atoms with Crippen molar-refractivity contribution in [2.24, 2.45) is 11.8 Å². The lowest BCUT2D eigenvalue weighted by atomic mass is 9.97. The number of hydrogen-bond donors (Lipinski definition) is 2. The number of aryl methyl sites for hydroxylation is 1. The molecule has 1 aromatic carbocycles. The molecule has 2 atom stereocenters. The number of aromatic nitrogens is 2. The van der Waals surface area contributed by atoms with Crippen LogP contribution in [0.4, 0.5) is 11.5 Å². The highest BCUT2D eigenvalue weighted by atomic mass is 16.2. The maximum Gasteiger partial charge on any atom is 0.230 e. The second-order valence-electron chi connectivity index (χ2n) is 7.05. The molecule has 0 bridgehead atoms. The zero-order chi connectivity index (χ0) is 19.1. The van der Waals surface area contributed by atoms with E-state index in [0.717, 1.165) is 33.0 Å². The molecule has 1 fully saturated rings. The third kappa shape index (κ3) is 3.08. The summed E-state index contributed by atoms with van der Waals surface area (Å²) in [5, 5.41) is 13.4. The Balaban J connectivity index is 1.71. The first-order valence-corrected chi connectivity index (χ1v) is 8.79. The molecule has 0 spiro atoms. The Morgan fingerprint density at radius 1 is 1.26 bits per heavy atom. The third-order valence-electron chi connectivity index (χ3n) is 5.19. The molecule has 3 aromatic rings. The standard InChI is InChI=1S/C21H19N5O/c1-11-8-24-9-17(12(11)2)13-3-14-6-20(25-10-18(14)19(23)5-13)26-21(27)16-4-15(16)7-22/h3,5-6,8-10,15-16H,4,23H2,1-2H3,(H,25,26,27)/t15-,16+/m1/s1. The van der Waals surface area contributed by atoms with E-state index in [1.54, 1.807) is 6.20 Å². The maximum atomic E-state index is 12.2. The van der Waals surface area contributed by atoms with Gasteiger partial charge in [-0.1, -0.05) is 0 Å². The molecule has 0 radical (unpaired) electrons. The number of fused-ring (bicyclic) bond motifs is 1. The quantitative estimate of drug-likeness (QED) is 0.697. The van der Waals surface area contributed by atoms with Gasteiger partial charge in [0.05, 0.1) is 17.9 Å². The van der Waals surface area contributed by atoms with E-state index in [9.17, 15) is 4.79 Å². The molecule has 2 aromatic heterocycles. The lowest BCUT2D eigenvalue weighted by molar-refractivity contribution is -0.117. The second kappa shape index (κ2) is 6.36. The zero-order valence-corrected chi connectivity index (χ0v) is 15.2. The van der Waals surface area contributed by atoms with Crippen molar-refractivity contribution >= 4 is 28.2 Å². The number of amides is 1. The summed E-state index contributed by atoms with van der Waals surface area (Å²) in [5.41, 5.74) is 11.1. The predicted octanol–water partition coefficient (Wildman–Crippen LogP) is 3.59. The number of carbonyl (C=O) groups excluding carboxylic acids is 1. The van der Waals surface area contributed by atoms with Crippen LogP contribution >= 0.6 is 0 Å². The van der Waals surface area contributed by atoms with Crippen LogP contribution in [0.2, 0.25) is 0 Å². The van der Waals surface area contributed by atoms with Crippen LogP contribution in [0.5, 0.6) is 0 Å². The maximum absolute atomic E-state index is 12.2. The fourth-order valence-electron chi connectivity index (χ4n) is 3.28.